The topological polar surface area (TPSA) is 352 Å². The molecule has 2 fully saturated rings. The molecule has 15 atom stereocenters. The summed E-state index contributed by atoms with van der Waals surface area (Å²) in [5.74, 6) is -6.66. The standard InChI is InChI=1S/C25H42N2O19/c1-8(32)26-10(4-28)16(37)20(13(36)6-30)44-23-19(40)22(18(39)14(7-31)43-23)46-25(24(41)42)3-11(34)15(27-9(2)33)21(45-25)17(38)12(35)5-29/h4,10-23,29-31,34-40H,3,5-7H2,1-2H3,(H,26,32)(H,27,33)(H,41,42)/t10-,11-,12+,13+,14+,15+,16+,17+,18-,19+,20+,21+,22-,23-,25-/m0/s1. The van der Waals surface area contributed by atoms with Gasteiger partial charge in [-0.1, -0.05) is 0 Å². The van der Waals surface area contributed by atoms with Crippen LogP contribution in [0.2, 0.25) is 0 Å². The number of aliphatic carboxylic acids is 1. The molecule has 0 aromatic rings. The molecule has 0 spiro atoms. The molecule has 21 nitrogen and oxygen atoms in total. The highest BCUT2D eigenvalue weighted by atomic mass is 16.8. The molecule has 2 amide bonds. The molecule has 0 unspecified atom stereocenters. The van der Waals surface area contributed by atoms with Crippen molar-refractivity contribution in [2.45, 2.75) is 112 Å². The second kappa shape index (κ2) is 17.1. The van der Waals surface area contributed by atoms with E-state index in [1.54, 1.807) is 0 Å². The van der Waals surface area contributed by atoms with E-state index in [1.165, 1.54) is 0 Å². The Balaban J connectivity index is 2.51. The summed E-state index contributed by atoms with van der Waals surface area (Å²) < 4.78 is 21.8. The van der Waals surface area contributed by atoms with Gasteiger partial charge in [-0.25, -0.2) is 4.79 Å². The van der Waals surface area contributed by atoms with Gasteiger partial charge in [-0.3, -0.25) is 9.59 Å². The maximum Gasteiger partial charge on any atom is 0.364 e. The number of ether oxygens (including phenoxy) is 4. The third kappa shape index (κ3) is 9.11. The van der Waals surface area contributed by atoms with Crippen molar-refractivity contribution in [1.29, 1.82) is 0 Å². The zero-order chi connectivity index (χ0) is 35.1. The number of nitrogens with one attached hydrogen (secondary N) is 2. The van der Waals surface area contributed by atoms with Crippen LogP contribution in [0.15, 0.2) is 0 Å². The fourth-order valence-corrected chi connectivity index (χ4v) is 5.07. The number of rotatable bonds is 16. The predicted molar refractivity (Wildman–Crippen MR) is 143 cm³/mol. The molecule has 0 radical (unpaired) electrons. The second-order valence-electron chi connectivity index (χ2n) is 10.9. The van der Waals surface area contributed by atoms with Gasteiger partial charge in [0.05, 0.1) is 32.0 Å². The van der Waals surface area contributed by atoms with Gasteiger partial charge in [-0.15, -0.1) is 0 Å². The lowest BCUT2D eigenvalue weighted by atomic mass is 9.88. The first-order valence-electron chi connectivity index (χ1n) is 14.0. The molecule has 46 heavy (non-hydrogen) atoms. The minimum Gasteiger partial charge on any atom is -0.477 e. The Labute approximate surface area is 260 Å². The SMILES string of the molecule is CC(=O)N[C@H]1[C@H]([C@H](O)[C@H](O)CO)O[C@@](O[C@H]2[C@@H](O)[C@@H](CO)O[C@@H](O[C@@H]([C@H](O)[C@H](C=O)NC(C)=O)[C@H](O)CO)[C@@H]2O)(C(=O)O)C[C@@H]1O. The molecule has 2 aliphatic heterocycles. The Morgan fingerprint density at radius 3 is 2.07 bits per heavy atom. The largest absolute Gasteiger partial charge is 0.477 e. The lowest BCUT2D eigenvalue weighted by molar-refractivity contribution is -0.376. The zero-order valence-corrected chi connectivity index (χ0v) is 24.7. The Morgan fingerprint density at radius 2 is 1.59 bits per heavy atom. The van der Waals surface area contributed by atoms with E-state index < -0.39 is 135 Å². The number of carbonyl (C=O) groups excluding carboxylic acids is 3. The maximum atomic E-state index is 12.6. The van der Waals surface area contributed by atoms with E-state index in [0.717, 1.165) is 13.8 Å². The lowest BCUT2D eigenvalue weighted by Gasteiger charge is -2.50. The molecule has 21 heteroatoms. The van der Waals surface area contributed by atoms with E-state index in [9.17, 15) is 75.3 Å². The third-order valence-electron chi connectivity index (χ3n) is 7.41. The number of aldehydes is 1. The highest BCUT2D eigenvalue weighted by Crippen LogP contribution is 2.37. The van der Waals surface area contributed by atoms with Crippen molar-refractivity contribution in [3.8, 4) is 0 Å². The van der Waals surface area contributed by atoms with Crippen molar-refractivity contribution in [3.63, 3.8) is 0 Å². The van der Waals surface area contributed by atoms with Gasteiger partial charge >= 0.3 is 5.97 Å². The highest BCUT2D eigenvalue weighted by molar-refractivity contribution is 5.77. The van der Waals surface area contributed by atoms with Crippen LogP contribution in [0.5, 0.6) is 0 Å². The first kappa shape index (κ1) is 39.7. The van der Waals surface area contributed by atoms with Crippen molar-refractivity contribution in [1.82, 2.24) is 10.6 Å². The number of carboxylic acid groups (broad SMARTS) is 1. The summed E-state index contributed by atoms with van der Waals surface area (Å²) in [6.45, 7) is -1.19. The van der Waals surface area contributed by atoms with Gasteiger partial charge in [0.2, 0.25) is 11.8 Å². The Morgan fingerprint density at radius 1 is 0.978 bits per heavy atom. The molecule has 0 saturated carbocycles. The van der Waals surface area contributed by atoms with Gasteiger partial charge in [0.15, 0.2) is 6.29 Å². The van der Waals surface area contributed by atoms with Crippen molar-refractivity contribution in [2.24, 2.45) is 0 Å². The predicted octanol–water partition coefficient (Wildman–Crippen LogP) is -8.24. The molecule has 0 aromatic carbocycles. The quantitative estimate of drug-likeness (QED) is 0.0676. The number of amides is 2. The Hall–Kier alpha value is -2.48. The summed E-state index contributed by atoms with van der Waals surface area (Å²) in [4.78, 5) is 47.3. The molecule has 0 bridgehead atoms. The van der Waals surface area contributed by atoms with Gasteiger partial charge < -0.3 is 90.5 Å². The molecular weight excluding hydrogens is 632 g/mol. The zero-order valence-electron chi connectivity index (χ0n) is 24.7. The van der Waals surface area contributed by atoms with Crippen LogP contribution in [0.25, 0.3) is 0 Å². The van der Waals surface area contributed by atoms with Gasteiger partial charge in [0.25, 0.3) is 5.79 Å². The van der Waals surface area contributed by atoms with Crippen LogP contribution in [-0.4, -0.2) is 191 Å². The van der Waals surface area contributed by atoms with Crippen LogP contribution in [0.4, 0.5) is 0 Å². The number of carboxylic acids is 1. The van der Waals surface area contributed by atoms with Crippen LogP contribution in [0, 0.1) is 0 Å². The smallest absolute Gasteiger partial charge is 0.364 e. The lowest BCUT2D eigenvalue weighted by Crippen LogP contribution is -2.70. The number of hydrogen-bond donors (Lipinski definition) is 13. The van der Waals surface area contributed by atoms with Crippen molar-refractivity contribution >= 4 is 24.1 Å². The molecule has 266 valence electrons. The number of aliphatic hydroxyl groups is 10. The van der Waals surface area contributed by atoms with Crippen LogP contribution in [0.1, 0.15) is 20.3 Å². The molecule has 0 aromatic heterocycles. The molecule has 2 aliphatic rings. The first-order valence-corrected chi connectivity index (χ1v) is 14.0. The van der Waals surface area contributed by atoms with E-state index >= 15 is 0 Å². The minimum absolute atomic E-state index is 0.0754. The van der Waals surface area contributed by atoms with Crippen LogP contribution >= 0.6 is 0 Å². The van der Waals surface area contributed by atoms with E-state index in [2.05, 4.69) is 10.6 Å². The summed E-state index contributed by atoms with van der Waals surface area (Å²) in [5, 5.41) is 118. The van der Waals surface area contributed by atoms with Crippen molar-refractivity contribution in [2.75, 3.05) is 19.8 Å². The minimum atomic E-state index is -3.08. The van der Waals surface area contributed by atoms with Gasteiger partial charge in [-0.05, 0) is 0 Å². The van der Waals surface area contributed by atoms with E-state index in [0.29, 0.717) is 0 Å². The second-order valence-corrected chi connectivity index (χ2v) is 10.9. The normalized spacial score (nSPS) is 35.6. The summed E-state index contributed by atoms with van der Waals surface area (Å²) in [6, 6.07) is -3.30. The number of hydrogen-bond acceptors (Lipinski definition) is 18. The highest BCUT2D eigenvalue weighted by Gasteiger charge is 2.59. The fourth-order valence-electron chi connectivity index (χ4n) is 5.07. The molecule has 0 aliphatic carbocycles. The third-order valence-corrected chi connectivity index (χ3v) is 7.41. The van der Waals surface area contributed by atoms with E-state index in [-0.39, 0.29) is 6.29 Å². The van der Waals surface area contributed by atoms with Crippen LogP contribution in [0.3, 0.4) is 0 Å². The maximum absolute atomic E-state index is 12.6. The monoisotopic (exact) mass is 674 g/mol. The van der Waals surface area contributed by atoms with Gasteiger partial charge in [0, 0.05) is 20.3 Å². The Kier molecular flexibility index (Phi) is 14.7. The summed E-state index contributed by atoms with van der Waals surface area (Å²) in [7, 11) is 0. The van der Waals surface area contributed by atoms with Crippen molar-refractivity contribution in [3.05, 3.63) is 0 Å². The van der Waals surface area contributed by atoms with Gasteiger partial charge in [-0.2, -0.15) is 0 Å². The van der Waals surface area contributed by atoms with Crippen LogP contribution < -0.4 is 10.6 Å². The number of carbonyl (C=O) groups is 4. The van der Waals surface area contributed by atoms with Crippen LogP contribution in [-0.2, 0) is 38.1 Å². The summed E-state index contributed by atoms with van der Waals surface area (Å²) in [5.41, 5.74) is 0. The average molecular weight is 675 g/mol. The average Bonchev–Trinajstić information content (AvgIpc) is 3.00. The summed E-state index contributed by atoms with van der Waals surface area (Å²) in [6.07, 6.45) is -25.6. The van der Waals surface area contributed by atoms with Gasteiger partial charge in [0.1, 0.15) is 73.4 Å². The molecular formula is C25H42N2O19. The van der Waals surface area contributed by atoms with Crippen molar-refractivity contribution < 1.29 is 94.3 Å². The molecule has 2 heterocycles. The molecule has 2 saturated heterocycles. The first-order chi connectivity index (χ1) is 21.5. The Bertz CT molecular complexity index is 1040. The molecule has 2 rings (SSSR count). The van der Waals surface area contributed by atoms with E-state index in [4.69, 9.17) is 18.9 Å². The molecule has 13 N–H and O–H groups in total. The van der Waals surface area contributed by atoms with E-state index in [1.807, 2.05) is 0 Å². The number of aliphatic hydroxyl groups excluding tert-OH is 10. The fraction of sp³-hybridized carbons (Fsp3) is 0.840. The summed E-state index contributed by atoms with van der Waals surface area (Å²) >= 11 is 0.